The molecule has 3 rings (SSSR count). The molecule has 1 aliphatic carbocycles. The van der Waals surface area contributed by atoms with Gasteiger partial charge in [0.05, 0.1) is 0 Å². The molecule has 0 aromatic rings. The van der Waals surface area contributed by atoms with Crippen molar-refractivity contribution >= 4 is 11.8 Å². The van der Waals surface area contributed by atoms with E-state index in [4.69, 9.17) is 0 Å². The Morgan fingerprint density at radius 1 is 0.762 bits per heavy atom. The average Bonchev–Trinajstić information content (AvgIpc) is 3.09. The van der Waals surface area contributed by atoms with Gasteiger partial charge in [-0.1, -0.05) is 12.8 Å². The summed E-state index contributed by atoms with van der Waals surface area (Å²) in [5.41, 5.74) is 0. The molecule has 0 aromatic heterocycles. The van der Waals surface area contributed by atoms with E-state index in [1.165, 1.54) is 25.7 Å². The topological polar surface area (TPSA) is 55.9 Å². The molecule has 0 bridgehead atoms. The molecule has 2 saturated heterocycles. The van der Waals surface area contributed by atoms with Crippen LogP contribution in [0.4, 0.5) is 0 Å². The number of carbonyl (C=O) groups excluding carboxylic acids is 2. The minimum atomic E-state index is -0.314. The Hall–Kier alpha value is -1.14. The van der Waals surface area contributed by atoms with Gasteiger partial charge < -0.3 is 15.1 Å². The lowest BCUT2D eigenvalue weighted by Gasteiger charge is -2.38. The zero-order valence-electron chi connectivity index (χ0n) is 12.7. The van der Waals surface area contributed by atoms with Crippen molar-refractivity contribution < 1.29 is 9.59 Å². The molecule has 0 unspecified atom stereocenters. The summed E-state index contributed by atoms with van der Waals surface area (Å²) in [5.74, 6) is -0.617. The van der Waals surface area contributed by atoms with Crippen LogP contribution in [-0.4, -0.2) is 84.9 Å². The van der Waals surface area contributed by atoms with Crippen molar-refractivity contribution in [3.05, 3.63) is 0 Å². The van der Waals surface area contributed by atoms with E-state index in [0.717, 1.165) is 26.2 Å². The number of piperazine rings is 2. The molecular formula is C15H26N4O2. The van der Waals surface area contributed by atoms with Gasteiger partial charge in [0.1, 0.15) is 0 Å². The van der Waals surface area contributed by atoms with E-state index in [0.29, 0.717) is 32.2 Å². The summed E-state index contributed by atoms with van der Waals surface area (Å²) in [6.07, 6.45) is 5.28. The van der Waals surface area contributed by atoms with Crippen LogP contribution < -0.4 is 5.32 Å². The van der Waals surface area contributed by atoms with E-state index in [-0.39, 0.29) is 11.8 Å². The SMILES string of the molecule is O=C(C(=O)N1CCN(C2CCCC2)CC1)N1CCNCC1. The quantitative estimate of drug-likeness (QED) is 0.663. The fourth-order valence-corrected chi connectivity index (χ4v) is 3.70. The summed E-state index contributed by atoms with van der Waals surface area (Å²) in [6, 6.07) is 0.714. The lowest BCUT2D eigenvalue weighted by Crippen LogP contribution is -2.56. The monoisotopic (exact) mass is 294 g/mol. The first-order valence-corrected chi connectivity index (χ1v) is 8.28. The third-order valence-electron chi connectivity index (χ3n) is 5.03. The number of hydrogen-bond donors (Lipinski definition) is 1. The maximum absolute atomic E-state index is 12.3. The highest BCUT2D eigenvalue weighted by molar-refractivity contribution is 6.34. The average molecular weight is 294 g/mol. The van der Waals surface area contributed by atoms with Crippen LogP contribution in [0.2, 0.25) is 0 Å². The second-order valence-electron chi connectivity index (χ2n) is 6.31. The van der Waals surface area contributed by atoms with Crippen molar-refractivity contribution in [2.75, 3.05) is 52.4 Å². The van der Waals surface area contributed by atoms with Gasteiger partial charge in [-0.3, -0.25) is 14.5 Å². The Morgan fingerprint density at radius 3 is 1.86 bits per heavy atom. The molecule has 3 fully saturated rings. The van der Waals surface area contributed by atoms with Gasteiger partial charge in [0.15, 0.2) is 0 Å². The summed E-state index contributed by atoms with van der Waals surface area (Å²) in [4.78, 5) is 30.5. The lowest BCUT2D eigenvalue weighted by molar-refractivity contribution is -0.153. The van der Waals surface area contributed by atoms with E-state index in [1.54, 1.807) is 9.80 Å². The molecule has 21 heavy (non-hydrogen) atoms. The number of nitrogens with one attached hydrogen (secondary N) is 1. The van der Waals surface area contributed by atoms with Gasteiger partial charge in [0.2, 0.25) is 0 Å². The van der Waals surface area contributed by atoms with Crippen LogP contribution in [0.25, 0.3) is 0 Å². The maximum atomic E-state index is 12.3. The third kappa shape index (κ3) is 3.37. The van der Waals surface area contributed by atoms with Crippen LogP contribution in [-0.2, 0) is 9.59 Å². The first-order valence-electron chi connectivity index (χ1n) is 8.28. The van der Waals surface area contributed by atoms with Crippen LogP contribution in [0, 0.1) is 0 Å². The zero-order valence-corrected chi connectivity index (χ0v) is 12.7. The second-order valence-corrected chi connectivity index (χ2v) is 6.31. The maximum Gasteiger partial charge on any atom is 0.312 e. The summed E-state index contributed by atoms with van der Waals surface area (Å²) < 4.78 is 0. The fraction of sp³-hybridized carbons (Fsp3) is 0.867. The Bertz CT molecular complexity index is 381. The summed E-state index contributed by atoms with van der Waals surface area (Å²) in [6.45, 7) is 6.11. The molecule has 0 atom stereocenters. The molecule has 2 amide bonds. The molecule has 1 saturated carbocycles. The molecule has 118 valence electrons. The van der Waals surface area contributed by atoms with Gasteiger partial charge in [-0.25, -0.2) is 0 Å². The van der Waals surface area contributed by atoms with Crippen LogP contribution in [0.1, 0.15) is 25.7 Å². The molecule has 0 spiro atoms. The van der Waals surface area contributed by atoms with E-state index in [2.05, 4.69) is 10.2 Å². The van der Waals surface area contributed by atoms with Crippen LogP contribution >= 0.6 is 0 Å². The van der Waals surface area contributed by atoms with Crippen molar-refractivity contribution in [3.63, 3.8) is 0 Å². The highest BCUT2D eigenvalue weighted by Crippen LogP contribution is 2.24. The minimum absolute atomic E-state index is 0.303. The molecular weight excluding hydrogens is 268 g/mol. The number of amides is 2. The van der Waals surface area contributed by atoms with Gasteiger partial charge in [-0.05, 0) is 12.8 Å². The van der Waals surface area contributed by atoms with E-state index in [9.17, 15) is 9.59 Å². The van der Waals surface area contributed by atoms with Crippen molar-refractivity contribution in [3.8, 4) is 0 Å². The Balaban J connectivity index is 1.48. The minimum Gasteiger partial charge on any atom is -0.332 e. The number of rotatable bonds is 1. The first-order chi connectivity index (χ1) is 10.3. The third-order valence-corrected chi connectivity index (χ3v) is 5.03. The predicted molar refractivity (Wildman–Crippen MR) is 79.9 cm³/mol. The van der Waals surface area contributed by atoms with Crippen LogP contribution in [0.15, 0.2) is 0 Å². The molecule has 1 N–H and O–H groups in total. The van der Waals surface area contributed by atoms with Crippen molar-refractivity contribution in [2.24, 2.45) is 0 Å². The molecule has 3 aliphatic rings. The molecule has 0 aromatic carbocycles. The summed E-state index contributed by atoms with van der Waals surface area (Å²) >= 11 is 0. The van der Waals surface area contributed by atoms with Gasteiger partial charge >= 0.3 is 11.8 Å². The van der Waals surface area contributed by atoms with Gasteiger partial charge in [0.25, 0.3) is 0 Å². The number of nitrogens with zero attached hydrogens (tertiary/aromatic N) is 3. The Labute approximate surface area is 126 Å². The largest absolute Gasteiger partial charge is 0.332 e. The van der Waals surface area contributed by atoms with Crippen molar-refractivity contribution in [1.29, 1.82) is 0 Å². The van der Waals surface area contributed by atoms with Gasteiger partial charge in [-0.2, -0.15) is 0 Å². The van der Waals surface area contributed by atoms with Gasteiger partial charge in [0, 0.05) is 58.4 Å². The smallest absolute Gasteiger partial charge is 0.312 e. The lowest BCUT2D eigenvalue weighted by atomic mass is 10.2. The summed E-state index contributed by atoms with van der Waals surface area (Å²) in [7, 11) is 0. The van der Waals surface area contributed by atoms with Gasteiger partial charge in [-0.15, -0.1) is 0 Å². The molecule has 2 aliphatic heterocycles. The zero-order chi connectivity index (χ0) is 14.7. The first kappa shape index (κ1) is 14.8. The second kappa shape index (κ2) is 6.75. The predicted octanol–water partition coefficient (Wildman–Crippen LogP) is -0.495. The highest BCUT2D eigenvalue weighted by atomic mass is 16.2. The Kier molecular flexibility index (Phi) is 4.75. The normalized spacial score (nSPS) is 25.3. The molecule has 0 radical (unpaired) electrons. The van der Waals surface area contributed by atoms with Crippen LogP contribution in [0.3, 0.4) is 0 Å². The standard InChI is InChI=1S/C15H26N4O2/c20-14(18-7-5-16-6-8-18)15(21)19-11-9-17(10-12-19)13-3-1-2-4-13/h13,16H,1-12H2. The summed E-state index contributed by atoms with van der Waals surface area (Å²) in [5, 5.41) is 3.20. The highest BCUT2D eigenvalue weighted by Gasteiger charge is 2.32. The van der Waals surface area contributed by atoms with E-state index in [1.807, 2.05) is 0 Å². The molecule has 2 heterocycles. The van der Waals surface area contributed by atoms with E-state index < -0.39 is 0 Å². The van der Waals surface area contributed by atoms with E-state index >= 15 is 0 Å². The van der Waals surface area contributed by atoms with Crippen molar-refractivity contribution in [2.45, 2.75) is 31.7 Å². The molecule has 6 nitrogen and oxygen atoms in total. The number of carbonyl (C=O) groups is 2. The number of hydrogen-bond acceptors (Lipinski definition) is 4. The Morgan fingerprint density at radius 2 is 1.29 bits per heavy atom. The molecule has 6 heteroatoms. The fourth-order valence-electron chi connectivity index (χ4n) is 3.70. The van der Waals surface area contributed by atoms with Crippen molar-refractivity contribution in [1.82, 2.24) is 20.0 Å². The van der Waals surface area contributed by atoms with Crippen LogP contribution in [0.5, 0.6) is 0 Å².